The SMILES string of the molecule is CC(C)(C)c1cccc(CCC(F)(F)CN)c1. The van der Waals surface area contributed by atoms with Crippen LogP contribution in [0.4, 0.5) is 8.78 Å². The number of benzene rings is 1. The summed E-state index contributed by atoms with van der Waals surface area (Å²) in [6.45, 7) is 5.76. The third-order valence-electron chi connectivity index (χ3n) is 2.87. The highest BCUT2D eigenvalue weighted by atomic mass is 19.3. The molecule has 0 aromatic heterocycles. The first-order valence-corrected chi connectivity index (χ1v) is 5.92. The summed E-state index contributed by atoms with van der Waals surface area (Å²) in [7, 11) is 0. The van der Waals surface area contributed by atoms with E-state index in [0.29, 0.717) is 6.42 Å². The second-order valence-electron chi connectivity index (χ2n) is 5.51. The lowest BCUT2D eigenvalue weighted by Gasteiger charge is -2.20. The van der Waals surface area contributed by atoms with Crippen molar-refractivity contribution in [2.24, 2.45) is 5.73 Å². The van der Waals surface area contributed by atoms with Crippen LogP contribution in [-0.4, -0.2) is 12.5 Å². The highest BCUT2D eigenvalue weighted by Gasteiger charge is 2.26. The van der Waals surface area contributed by atoms with Gasteiger partial charge in [-0.1, -0.05) is 45.0 Å². The molecule has 17 heavy (non-hydrogen) atoms. The minimum Gasteiger partial charge on any atom is -0.325 e. The van der Waals surface area contributed by atoms with E-state index in [9.17, 15) is 8.78 Å². The zero-order valence-electron chi connectivity index (χ0n) is 10.8. The smallest absolute Gasteiger partial charge is 0.260 e. The molecule has 0 heterocycles. The lowest BCUT2D eigenvalue weighted by Crippen LogP contribution is -2.28. The Morgan fingerprint density at radius 2 is 1.82 bits per heavy atom. The summed E-state index contributed by atoms with van der Waals surface area (Å²) in [6, 6.07) is 7.86. The van der Waals surface area contributed by atoms with Crippen LogP contribution in [0.3, 0.4) is 0 Å². The number of alkyl halides is 2. The molecule has 1 aromatic carbocycles. The number of nitrogens with two attached hydrogens (primary N) is 1. The Labute approximate surface area is 102 Å². The van der Waals surface area contributed by atoms with E-state index in [2.05, 4.69) is 20.8 Å². The van der Waals surface area contributed by atoms with Crippen LogP contribution in [0.5, 0.6) is 0 Å². The Bertz CT molecular complexity index is 367. The van der Waals surface area contributed by atoms with Crippen LogP contribution in [0, 0.1) is 0 Å². The van der Waals surface area contributed by atoms with E-state index >= 15 is 0 Å². The van der Waals surface area contributed by atoms with Crippen LogP contribution in [-0.2, 0) is 11.8 Å². The van der Waals surface area contributed by atoms with Gasteiger partial charge in [0.15, 0.2) is 0 Å². The van der Waals surface area contributed by atoms with E-state index in [1.54, 1.807) is 0 Å². The van der Waals surface area contributed by atoms with Crippen molar-refractivity contribution in [1.29, 1.82) is 0 Å². The molecule has 0 fully saturated rings. The van der Waals surface area contributed by atoms with E-state index in [-0.39, 0.29) is 11.8 Å². The molecule has 0 saturated heterocycles. The molecule has 1 aromatic rings. The topological polar surface area (TPSA) is 26.0 Å². The molecule has 0 aliphatic rings. The molecule has 0 atom stereocenters. The van der Waals surface area contributed by atoms with Gasteiger partial charge in [-0.25, -0.2) is 8.78 Å². The van der Waals surface area contributed by atoms with Crippen molar-refractivity contribution in [2.75, 3.05) is 6.54 Å². The molecule has 0 saturated carbocycles. The van der Waals surface area contributed by atoms with E-state index in [0.717, 1.165) is 5.56 Å². The summed E-state index contributed by atoms with van der Waals surface area (Å²) >= 11 is 0. The molecule has 0 spiro atoms. The zero-order valence-corrected chi connectivity index (χ0v) is 10.8. The molecule has 3 heteroatoms. The molecule has 0 bridgehead atoms. The maximum atomic E-state index is 13.0. The molecule has 0 aliphatic carbocycles. The third kappa shape index (κ3) is 4.43. The molecule has 0 aliphatic heterocycles. The van der Waals surface area contributed by atoms with Crippen molar-refractivity contribution in [3.8, 4) is 0 Å². The van der Waals surface area contributed by atoms with Gasteiger partial charge < -0.3 is 5.73 Å². The molecular formula is C14H21F2N. The first kappa shape index (κ1) is 14.1. The summed E-state index contributed by atoms with van der Waals surface area (Å²) in [6.07, 6.45) is 0.186. The standard InChI is InChI=1S/C14H21F2N/c1-13(2,3)12-6-4-5-11(9-12)7-8-14(15,16)10-17/h4-6,9H,7-8,10,17H2,1-3H3. The van der Waals surface area contributed by atoms with Gasteiger partial charge in [0.1, 0.15) is 0 Å². The van der Waals surface area contributed by atoms with Crippen molar-refractivity contribution in [3.63, 3.8) is 0 Å². The third-order valence-corrected chi connectivity index (χ3v) is 2.87. The molecular weight excluding hydrogens is 220 g/mol. The maximum absolute atomic E-state index is 13.0. The Morgan fingerprint density at radius 1 is 1.18 bits per heavy atom. The fraction of sp³-hybridized carbons (Fsp3) is 0.571. The zero-order chi connectivity index (χ0) is 13.1. The molecule has 96 valence electrons. The van der Waals surface area contributed by atoms with E-state index in [1.165, 1.54) is 5.56 Å². The Hall–Kier alpha value is -0.960. The van der Waals surface area contributed by atoms with Gasteiger partial charge in [0.2, 0.25) is 0 Å². The van der Waals surface area contributed by atoms with E-state index in [1.807, 2.05) is 24.3 Å². The van der Waals surface area contributed by atoms with Crippen LogP contribution >= 0.6 is 0 Å². The Morgan fingerprint density at radius 3 is 2.35 bits per heavy atom. The lowest BCUT2D eigenvalue weighted by atomic mass is 9.86. The van der Waals surface area contributed by atoms with E-state index in [4.69, 9.17) is 5.73 Å². The average molecular weight is 241 g/mol. The van der Waals surface area contributed by atoms with Crippen molar-refractivity contribution < 1.29 is 8.78 Å². The van der Waals surface area contributed by atoms with Gasteiger partial charge in [0.05, 0.1) is 6.54 Å². The second-order valence-corrected chi connectivity index (χ2v) is 5.51. The summed E-state index contributed by atoms with van der Waals surface area (Å²) in [5.41, 5.74) is 7.19. The largest absolute Gasteiger partial charge is 0.325 e. The van der Waals surface area contributed by atoms with Crippen molar-refractivity contribution in [1.82, 2.24) is 0 Å². The second kappa shape index (κ2) is 5.13. The predicted molar refractivity (Wildman–Crippen MR) is 67.5 cm³/mol. The normalized spacial score (nSPS) is 12.8. The van der Waals surface area contributed by atoms with Crippen molar-refractivity contribution in [3.05, 3.63) is 35.4 Å². The Balaban J connectivity index is 2.74. The summed E-state index contributed by atoms with van der Waals surface area (Å²) in [5, 5.41) is 0. The molecule has 1 nitrogen and oxygen atoms in total. The number of aryl methyl sites for hydroxylation is 1. The minimum absolute atomic E-state index is 0.0480. The fourth-order valence-corrected chi connectivity index (χ4v) is 1.62. The first-order chi connectivity index (χ1) is 7.74. The van der Waals surface area contributed by atoms with Crippen LogP contribution in [0.1, 0.15) is 38.3 Å². The maximum Gasteiger partial charge on any atom is 0.260 e. The van der Waals surface area contributed by atoms with Crippen LogP contribution < -0.4 is 5.73 Å². The number of halogens is 2. The summed E-state index contributed by atoms with van der Waals surface area (Å²) < 4.78 is 26.1. The lowest BCUT2D eigenvalue weighted by molar-refractivity contribution is 0.00246. The van der Waals surface area contributed by atoms with Crippen LogP contribution in [0.25, 0.3) is 0 Å². The average Bonchev–Trinajstić information content (AvgIpc) is 2.26. The molecule has 2 N–H and O–H groups in total. The van der Waals surface area contributed by atoms with Crippen LogP contribution in [0.15, 0.2) is 24.3 Å². The molecule has 0 radical (unpaired) electrons. The fourth-order valence-electron chi connectivity index (χ4n) is 1.62. The highest BCUT2D eigenvalue weighted by molar-refractivity contribution is 5.28. The molecule has 0 amide bonds. The molecule has 0 unspecified atom stereocenters. The van der Waals surface area contributed by atoms with E-state index < -0.39 is 12.5 Å². The van der Waals surface area contributed by atoms with Crippen LogP contribution in [0.2, 0.25) is 0 Å². The number of hydrogen-bond donors (Lipinski definition) is 1. The monoisotopic (exact) mass is 241 g/mol. The summed E-state index contributed by atoms with van der Waals surface area (Å²) in [5.74, 6) is -2.75. The van der Waals surface area contributed by atoms with Gasteiger partial charge in [-0.3, -0.25) is 0 Å². The first-order valence-electron chi connectivity index (χ1n) is 5.92. The van der Waals surface area contributed by atoms with Gasteiger partial charge in [-0.05, 0) is 23.0 Å². The molecule has 1 rings (SSSR count). The van der Waals surface area contributed by atoms with Gasteiger partial charge in [-0.15, -0.1) is 0 Å². The van der Waals surface area contributed by atoms with Crippen molar-refractivity contribution >= 4 is 0 Å². The van der Waals surface area contributed by atoms with Gasteiger partial charge in [0, 0.05) is 6.42 Å². The minimum atomic E-state index is -2.75. The quantitative estimate of drug-likeness (QED) is 0.857. The van der Waals surface area contributed by atoms with Gasteiger partial charge >= 0.3 is 0 Å². The number of hydrogen-bond acceptors (Lipinski definition) is 1. The van der Waals surface area contributed by atoms with Gasteiger partial charge in [-0.2, -0.15) is 0 Å². The van der Waals surface area contributed by atoms with Crippen molar-refractivity contribution in [2.45, 2.75) is 45.0 Å². The summed E-state index contributed by atoms with van der Waals surface area (Å²) in [4.78, 5) is 0. The van der Waals surface area contributed by atoms with Gasteiger partial charge in [0.25, 0.3) is 5.92 Å². The Kier molecular flexibility index (Phi) is 4.26. The number of rotatable bonds is 4. The highest BCUT2D eigenvalue weighted by Crippen LogP contribution is 2.25. The predicted octanol–water partition coefficient (Wildman–Crippen LogP) is 3.51.